The van der Waals surface area contributed by atoms with E-state index in [4.69, 9.17) is 4.74 Å². The van der Waals surface area contributed by atoms with Crippen molar-refractivity contribution in [1.29, 1.82) is 0 Å². The number of amides is 1. The summed E-state index contributed by atoms with van der Waals surface area (Å²) in [5.41, 5.74) is 4.06. The van der Waals surface area contributed by atoms with Crippen LogP contribution in [-0.4, -0.2) is 53.0 Å². The zero-order chi connectivity index (χ0) is 21.1. The molecule has 0 radical (unpaired) electrons. The molecule has 0 spiro atoms. The van der Waals surface area contributed by atoms with Gasteiger partial charge >= 0.3 is 5.97 Å². The summed E-state index contributed by atoms with van der Waals surface area (Å²) in [6.45, 7) is 3.70. The standard InChI is InChI=1S/C24H27N3O3/c1-25-16-20(21-5-3-4-6-22(21)25)17-26-12-11-23(28)27(14-13-26)15-18-7-9-19(10-8-18)24(29)30-2/h3-10,16H,11-15,17H2,1-2H3. The van der Waals surface area contributed by atoms with Gasteiger partial charge in [-0.05, 0) is 29.3 Å². The Morgan fingerprint density at radius 3 is 2.53 bits per heavy atom. The summed E-state index contributed by atoms with van der Waals surface area (Å²) in [6, 6.07) is 15.7. The first-order valence-corrected chi connectivity index (χ1v) is 10.3. The fourth-order valence-corrected chi connectivity index (χ4v) is 4.11. The molecule has 4 rings (SSSR count). The summed E-state index contributed by atoms with van der Waals surface area (Å²) < 4.78 is 6.90. The normalized spacial score (nSPS) is 15.4. The lowest BCUT2D eigenvalue weighted by molar-refractivity contribution is -0.130. The highest BCUT2D eigenvalue weighted by molar-refractivity contribution is 5.89. The number of rotatable bonds is 5. The minimum absolute atomic E-state index is 0.174. The molecule has 1 aliphatic heterocycles. The van der Waals surface area contributed by atoms with Gasteiger partial charge in [-0.25, -0.2) is 4.79 Å². The number of fused-ring (bicyclic) bond motifs is 1. The number of para-hydroxylation sites is 1. The fourth-order valence-electron chi connectivity index (χ4n) is 4.11. The Hall–Kier alpha value is -3.12. The van der Waals surface area contributed by atoms with Gasteiger partial charge < -0.3 is 14.2 Å². The van der Waals surface area contributed by atoms with Gasteiger partial charge in [-0.2, -0.15) is 0 Å². The van der Waals surface area contributed by atoms with Gasteiger partial charge in [-0.3, -0.25) is 9.69 Å². The minimum Gasteiger partial charge on any atom is -0.465 e. The third-order valence-electron chi connectivity index (χ3n) is 5.80. The highest BCUT2D eigenvalue weighted by atomic mass is 16.5. The smallest absolute Gasteiger partial charge is 0.337 e. The molecule has 1 aromatic heterocycles. The monoisotopic (exact) mass is 405 g/mol. The summed E-state index contributed by atoms with van der Waals surface area (Å²) in [5, 5.41) is 1.28. The van der Waals surface area contributed by atoms with Gasteiger partial charge in [0.25, 0.3) is 0 Å². The average molecular weight is 405 g/mol. The van der Waals surface area contributed by atoms with Crippen LogP contribution in [0.4, 0.5) is 0 Å². The summed E-state index contributed by atoms with van der Waals surface area (Å²) in [5.74, 6) is -0.177. The van der Waals surface area contributed by atoms with Crippen molar-refractivity contribution < 1.29 is 14.3 Å². The average Bonchev–Trinajstić information content (AvgIpc) is 2.98. The molecule has 0 atom stereocenters. The molecule has 0 bridgehead atoms. The highest BCUT2D eigenvalue weighted by Gasteiger charge is 2.22. The second-order valence-corrected chi connectivity index (χ2v) is 7.81. The molecule has 1 aliphatic rings. The number of carbonyl (C=O) groups excluding carboxylic acids is 2. The number of esters is 1. The highest BCUT2D eigenvalue weighted by Crippen LogP contribution is 2.22. The van der Waals surface area contributed by atoms with Crippen LogP contribution >= 0.6 is 0 Å². The summed E-state index contributed by atoms with van der Waals surface area (Å²) >= 11 is 0. The molecular formula is C24H27N3O3. The number of aryl methyl sites for hydroxylation is 1. The number of benzene rings is 2. The van der Waals surface area contributed by atoms with Gasteiger partial charge in [0.2, 0.25) is 5.91 Å². The third kappa shape index (κ3) is 4.24. The SMILES string of the molecule is COC(=O)c1ccc(CN2CCN(Cc3cn(C)c4ccccc34)CCC2=O)cc1. The maximum absolute atomic E-state index is 12.7. The largest absolute Gasteiger partial charge is 0.465 e. The maximum Gasteiger partial charge on any atom is 0.337 e. The molecule has 0 N–H and O–H groups in total. The van der Waals surface area contributed by atoms with Gasteiger partial charge in [-0.15, -0.1) is 0 Å². The van der Waals surface area contributed by atoms with E-state index in [2.05, 4.69) is 47.0 Å². The van der Waals surface area contributed by atoms with Crippen molar-refractivity contribution in [2.45, 2.75) is 19.5 Å². The van der Waals surface area contributed by atoms with Crippen molar-refractivity contribution in [3.05, 3.63) is 71.4 Å². The predicted octanol–water partition coefficient (Wildman–Crippen LogP) is 3.20. The van der Waals surface area contributed by atoms with E-state index < -0.39 is 0 Å². The van der Waals surface area contributed by atoms with Gasteiger partial charge in [-0.1, -0.05) is 30.3 Å². The van der Waals surface area contributed by atoms with Crippen molar-refractivity contribution in [3.8, 4) is 0 Å². The van der Waals surface area contributed by atoms with Crippen LogP contribution in [0.2, 0.25) is 0 Å². The number of methoxy groups -OCH3 is 1. The van der Waals surface area contributed by atoms with Crippen LogP contribution in [0.25, 0.3) is 10.9 Å². The number of hydrogen-bond acceptors (Lipinski definition) is 4. The minimum atomic E-state index is -0.350. The van der Waals surface area contributed by atoms with Gasteiger partial charge in [0.15, 0.2) is 0 Å². The second kappa shape index (κ2) is 8.71. The van der Waals surface area contributed by atoms with Crippen LogP contribution in [0, 0.1) is 0 Å². The lowest BCUT2D eigenvalue weighted by atomic mass is 10.1. The number of aromatic nitrogens is 1. The molecule has 2 heterocycles. The molecule has 1 fully saturated rings. The van der Waals surface area contributed by atoms with E-state index in [1.807, 2.05) is 17.0 Å². The quantitative estimate of drug-likeness (QED) is 0.612. The molecule has 2 aromatic carbocycles. The molecule has 0 aliphatic carbocycles. The number of nitrogens with zero attached hydrogens (tertiary/aromatic N) is 3. The van der Waals surface area contributed by atoms with E-state index in [-0.39, 0.29) is 11.9 Å². The molecule has 30 heavy (non-hydrogen) atoms. The molecule has 6 nitrogen and oxygen atoms in total. The van der Waals surface area contributed by atoms with Crippen LogP contribution < -0.4 is 0 Å². The predicted molar refractivity (Wildman–Crippen MR) is 116 cm³/mol. The number of carbonyl (C=O) groups is 2. The zero-order valence-electron chi connectivity index (χ0n) is 17.5. The first-order valence-electron chi connectivity index (χ1n) is 10.3. The Morgan fingerprint density at radius 1 is 1.00 bits per heavy atom. The zero-order valence-corrected chi connectivity index (χ0v) is 17.5. The van der Waals surface area contributed by atoms with E-state index in [0.29, 0.717) is 25.1 Å². The summed E-state index contributed by atoms with van der Waals surface area (Å²) in [4.78, 5) is 28.5. The van der Waals surface area contributed by atoms with Crippen LogP contribution in [0.1, 0.15) is 27.9 Å². The first kappa shape index (κ1) is 20.2. The molecule has 3 aromatic rings. The van der Waals surface area contributed by atoms with E-state index in [1.165, 1.54) is 23.6 Å². The summed E-state index contributed by atoms with van der Waals surface area (Å²) in [6.07, 6.45) is 2.71. The third-order valence-corrected chi connectivity index (χ3v) is 5.80. The van der Waals surface area contributed by atoms with Crippen LogP contribution in [-0.2, 0) is 29.7 Å². The molecule has 156 valence electrons. The van der Waals surface area contributed by atoms with Gasteiger partial charge in [0.1, 0.15) is 0 Å². The maximum atomic E-state index is 12.7. The summed E-state index contributed by atoms with van der Waals surface area (Å²) in [7, 11) is 3.45. The number of hydrogen-bond donors (Lipinski definition) is 0. The van der Waals surface area contributed by atoms with Crippen LogP contribution in [0.3, 0.4) is 0 Å². The molecule has 0 unspecified atom stereocenters. The molecule has 6 heteroatoms. The Bertz CT molecular complexity index is 1060. The second-order valence-electron chi connectivity index (χ2n) is 7.81. The van der Waals surface area contributed by atoms with Crippen LogP contribution in [0.15, 0.2) is 54.7 Å². The van der Waals surface area contributed by atoms with Crippen molar-refractivity contribution in [1.82, 2.24) is 14.4 Å². The molecular weight excluding hydrogens is 378 g/mol. The Kier molecular flexibility index (Phi) is 5.86. The van der Waals surface area contributed by atoms with Crippen molar-refractivity contribution in [2.75, 3.05) is 26.7 Å². The Balaban J connectivity index is 1.41. The fraction of sp³-hybridized carbons (Fsp3) is 0.333. The van der Waals surface area contributed by atoms with Crippen molar-refractivity contribution >= 4 is 22.8 Å². The van der Waals surface area contributed by atoms with Gasteiger partial charge in [0, 0.05) is 63.3 Å². The lowest BCUT2D eigenvalue weighted by Gasteiger charge is -2.22. The topological polar surface area (TPSA) is 54.8 Å². The van der Waals surface area contributed by atoms with Crippen LogP contribution in [0.5, 0.6) is 0 Å². The molecule has 1 amide bonds. The van der Waals surface area contributed by atoms with Crippen molar-refractivity contribution in [3.63, 3.8) is 0 Å². The van der Waals surface area contributed by atoms with E-state index in [1.54, 1.807) is 12.1 Å². The lowest BCUT2D eigenvalue weighted by Crippen LogP contribution is -2.32. The number of ether oxygens (including phenoxy) is 1. The van der Waals surface area contributed by atoms with Crippen molar-refractivity contribution in [2.24, 2.45) is 7.05 Å². The Morgan fingerprint density at radius 2 is 1.77 bits per heavy atom. The first-order chi connectivity index (χ1) is 14.5. The van der Waals surface area contributed by atoms with E-state index in [0.717, 1.165) is 25.2 Å². The Labute approximate surface area is 176 Å². The molecule has 0 saturated carbocycles. The van der Waals surface area contributed by atoms with E-state index in [9.17, 15) is 9.59 Å². The molecule has 1 saturated heterocycles. The van der Waals surface area contributed by atoms with Gasteiger partial charge in [0.05, 0.1) is 12.7 Å². The van der Waals surface area contributed by atoms with E-state index >= 15 is 0 Å².